The summed E-state index contributed by atoms with van der Waals surface area (Å²) in [6.07, 6.45) is 3.26. The minimum atomic E-state index is -3.26. The van der Waals surface area contributed by atoms with Crippen molar-refractivity contribution < 1.29 is 13.2 Å². The molecule has 1 aliphatic rings. The highest BCUT2D eigenvalue weighted by atomic mass is 32.2. The molecule has 1 aromatic rings. The first-order valence-corrected chi connectivity index (χ1v) is 8.56. The number of ether oxygens (including phenoxy) is 1. The van der Waals surface area contributed by atoms with Crippen molar-refractivity contribution >= 4 is 15.7 Å². The summed E-state index contributed by atoms with van der Waals surface area (Å²) in [5, 5.41) is 0. The smallest absolute Gasteiger partial charge is 0.214 e. The molecule has 1 saturated carbocycles. The van der Waals surface area contributed by atoms with Crippen LogP contribution in [-0.2, 0) is 10.0 Å². The maximum absolute atomic E-state index is 11.9. The number of sulfonamides is 1. The van der Waals surface area contributed by atoms with E-state index in [1.165, 1.54) is 0 Å². The second kappa shape index (κ2) is 6.01. The zero-order valence-electron chi connectivity index (χ0n) is 11.8. The van der Waals surface area contributed by atoms with Crippen molar-refractivity contribution in [2.75, 3.05) is 24.6 Å². The molecule has 20 heavy (non-hydrogen) atoms. The molecular weight excluding hydrogens is 276 g/mol. The van der Waals surface area contributed by atoms with Crippen LogP contribution in [0.2, 0.25) is 0 Å². The molecule has 112 valence electrons. The fourth-order valence-corrected chi connectivity index (χ4v) is 2.97. The van der Waals surface area contributed by atoms with Gasteiger partial charge in [0.1, 0.15) is 12.4 Å². The SMILES string of the molecule is CCC1(CNS(=O)(=O)CCOc2ccc(N)cc2)CC1. The van der Waals surface area contributed by atoms with Crippen LogP contribution in [0, 0.1) is 5.41 Å². The molecule has 0 aromatic heterocycles. The maximum atomic E-state index is 11.9. The number of hydrogen-bond acceptors (Lipinski definition) is 4. The van der Waals surface area contributed by atoms with Crippen molar-refractivity contribution in [2.24, 2.45) is 5.41 Å². The monoisotopic (exact) mass is 298 g/mol. The Hall–Kier alpha value is -1.27. The summed E-state index contributed by atoms with van der Waals surface area (Å²) >= 11 is 0. The topological polar surface area (TPSA) is 81.4 Å². The molecule has 3 N–H and O–H groups in total. The Morgan fingerprint density at radius 2 is 1.95 bits per heavy atom. The first-order chi connectivity index (χ1) is 9.45. The number of benzene rings is 1. The average molecular weight is 298 g/mol. The van der Waals surface area contributed by atoms with Gasteiger partial charge in [-0.1, -0.05) is 6.92 Å². The molecule has 0 saturated heterocycles. The highest BCUT2D eigenvalue weighted by Gasteiger charge is 2.41. The molecule has 0 spiro atoms. The minimum absolute atomic E-state index is 0.0306. The third-order valence-corrected chi connectivity index (χ3v) is 5.16. The van der Waals surface area contributed by atoms with Crippen LogP contribution in [0.25, 0.3) is 0 Å². The van der Waals surface area contributed by atoms with Crippen LogP contribution in [0.1, 0.15) is 26.2 Å². The van der Waals surface area contributed by atoms with E-state index in [1.807, 2.05) is 0 Å². The second-order valence-corrected chi connectivity index (χ2v) is 7.34. The lowest BCUT2D eigenvalue weighted by atomic mass is 10.1. The van der Waals surface area contributed by atoms with E-state index in [1.54, 1.807) is 24.3 Å². The molecule has 0 radical (unpaired) electrons. The summed E-state index contributed by atoms with van der Waals surface area (Å²) in [6, 6.07) is 6.90. The number of hydrogen-bond donors (Lipinski definition) is 2. The Kier molecular flexibility index (Phi) is 4.55. The summed E-state index contributed by atoms with van der Waals surface area (Å²) < 4.78 is 31.8. The molecule has 0 unspecified atom stereocenters. The van der Waals surface area contributed by atoms with Gasteiger partial charge in [0.05, 0.1) is 5.75 Å². The summed E-state index contributed by atoms with van der Waals surface area (Å²) in [6.45, 7) is 2.79. The van der Waals surface area contributed by atoms with E-state index in [9.17, 15) is 8.42 Å². The average Bonchev–Trinajstić information content (AvgIpc) is 3.20. The predicted octanol–water partition coefficient (Wildman–Crippen LogP) is 1.76. The van der Waals surface area contributed by atoms with Gasteiger partial charge in [0.15, 0.2) is 0 Å². The van der Waals surface area contributed by atoms with Gasteiger partial charge in [-0.2, -0.15) is 0 Å². The standard InChI is InChI=1S/C14H22N2O3S/c1-2-14(7-8-14)11-16-20(17,18)10-9-19-13-5-3-12(15)4-6-13/h3-6,16H,2,7-11,15H2,1H3. The van der Waals surface area contributed by atoms with Gasteiger partial charge in [0, 0.05) is 12.2 Å². The van der Waals surface area contributed by atoms with E-state index < -0.39 is 10.0 Å². The molecule has 1 aromatic carbocycles. The number of anilines is 1. The molecule has 2 rings (SSSR count). The predicted molar refractivity (Wildman–Crippen MR) is 80.1 cm³/mol. The Morgan fingerprint density at radius 1 is 1.30 bits per heavy atom. The largest absolute Gasteiger partial charge is 0.492 e. The van der Waals surface area contributed by atoms with Gasteiger partial charge in [-0.05, 0) is 48.9 Å². The van der Waals surface area contributed by atoms with Crippen molar-refractivity contribution in [2.45, 2.75) is 26.2 Å². The molecule has 6 heteroatoms. The Bertz CT molecular complexity index is 536. The molecule has 5 nitrogen and oxygen atoms in total. The van der Waals surface area contributed by atoms with Crippen LogP contribution < -0.4 is 15.2 Å². The third-order valence-electron chi connectivity index (χ3n) is 3.88. The maximum Gasteiger partial charge on any atom is 0.214 e. The Balaban J connectivity index is 1.73. The lowest BCUT2D eigenvalue weighted by Gasteiger charge is -2.14. The number of nitrogens with two attached hydrogens (primary N) is 1. The molecular formula is C14H22N2O3S. The molecule has 1 aliphatic carbocycles. The van der Waals surface area contributed by atoms with Gasteiger partial charge in [0.2, 0.25) is 10.0 Å². The van der Waals surface area contributed by atoms with Crippen LogP contribution in [-0.4, -0.2) is 27.3 Å². The van der Waals surface area contributed by atoms with Crippen LogP contribution in [0.5, 0.6) is 5.75 Å². The number of nitrogen functional groups attached to an aromatic ring is 1. The Morgan fingerprint density at radius 3 is 2.50 bits per heavy atom. The van der Waals surface area contributed by atoms with E-state index in [2.05, 4.69) is 11.6 Å². The molecule has 0 atom stereocenters. The third kappa shape index (κ3) is 4.38. The quantitative estimate of drug-likeness (QED) is 0.717. The first-order valence-electron chi connectivity index (χ1n) is 6.90. The van der Waals surface area contributed by atoms with Crippen molar-refractivity contribution in [3.63, 3.8) is 0 Å². The fourth-order valence-electron chi connectivity index (χ4n) is 2.00. The van der Waals surface area contributed by atoms with Gasteiger partial charge < -0.3 is 10.5 Å². The van der Waals surface area contributed by atoms with Crippen molar-refractivity contribution in [1.82, 2.24) is 4.72 Å². The molecule has 0 amide bonds. The van der Waals surface area contributed by atoms with Crippen molar-refractivity contribution in [3.8, 4) is 5.75 Å². The summed E-state index contributed by atoms with van der Waals surface area (Å²) in [7, 11) is -3.26. The lowest BCUT2D eigenvalue weighted by molar-refractivity contribution is 0.340. The van der Waals surface area contributed by atoms with Crippen molar-refractivity contribution in [1.29, 1.82) is 0 Å². The second-order valence-electron chi connectivity index (χ2n) is 5.41. The zero-order chi connectivity index (χ0) is 14.6. The summed E-state index contributed by atoms with van der Waals surface area (Å²) in [4.78, 5) is 0. The van der Waals surface area contributed by atoms with Crippen LogP contribution in [0.3, 0.4) is 0 Å². The molecule has 0 bridgehead atoms. The molecule has 1 fully saturated rings. The van der Waals surface area contributed by atoms with E-state index in [-0.39, 0.29) is 17.8 Å². The fraction of sp³-hybridized carbons (Fsp3) is 0.571. The van der Waals surface area contributed by atoms with Gasteiger partial charge >= 0.3 is 0 Å². The summed E-state index contributed by atoms with van der Waals surface area (Å²) in [5.74, 6) is 0.596. The highest BCUT2D eigenvalue weighted by Crippen LogP contribution is 2.47. The normalized spacial score (nSPS) is 16.9. The zero-order valence-corrected chi connectivity index (χ0v) is 12.6. The highest BCUT2D eigenvalue weighted by molar-refractivity contribution is 7.89. The number of nitrogens with one attached hydrogen (secondary N) is 1. The van der Waals surface area contributed by atoms with Crippen molar-refractivity contribution in [3.05, 3.63) is 24.3 Å². The van der Waals surface area contributed by atoms with E-state index in [4.69, 9.17) is 10.5 Å². The van der Waals surface area contributed by atoms with Gasteiger partial charge in [-0.15, -0.1) is 0 Å². The van der Waals surface area contributed by atoms with E-state index in [0.29, 0.717) is 18.0 Å². The molecule has 0 aliphatic heterocycles. The van der Waals surface area contributed by atoms with Crippen LogP contribution in [0.15, 0.2) is 24.3 Å². The van der Waals surface area contributed by atoms with Gasteiger partial charge in [0.25, 0.3) is 0 Å². The Labute approximate surface area is 120 Å². The first kappa shape index (κ1) is 15.1. The van der Waals surface area contributed by atoms with Crippen LogP contribution in [0.4, 0.5) is 5.69 Å². The van der Waals surface area contributed by atoms with Gasteiger partial charge in [-0.3, -0.25) is 0 Å². The summed E-state index contributed by atoms with van der Waals surface area (Å²) in [5.41, 5.74) is 6.43. The lowest BCUT2D eigenvalue weighted by Crippen LogP contribution is -2.33. The van der Waals surface area contributed by atoms with Gasteiger partial charge in [-0.25, -0.2) is 13.1 Å². The molecule has 0 heterocycles. The van der Waals surface area contributed by atoms with Crippen LogP contribution >= 0.6 is 0 Å². The number of rotatable bonds is 8. The van der Waals surface area contributed by atoms with E-state index in [0.717, 1.165) is 19.3 Å². The van der Waals surface area contributed by atoms with E-state index >= 15 is 0 Å². The minimum Gasteiger partial charge on any atom is -0.492 e.